The molecule has 2 amide bonds. The molecule has 2 unspecified atom stereocenters. The lowest BCUT2D eigenvalue weighted by Crippen LogP contribution is -2.74. The van der Waals surface area contributed by atoms with E-state index in [1.807, 2.05) is 31.2 Å². The highest BCUT2D eigenvalue weighted by Gasteiger charge is 2.69. The molecule has 11 heteroatoms. The average Bonchev–Trinajstić information content (AvgIpc) is 2.89. The van der Waals surface area contributed by atoms with Gasteiger partial charge in [0.25, 0.3) is 0 Å². The number of hydrogen-bond donors (Lipinski definition) is 4. The Kier molecular flexibility index (Phi) is 6.91. The third kappa shape index (κ3) is 4.36. The minimum Gasteiger partial charge on any atom is -0.507 e. The number of carbonyl (C=O) groups excluding carboxylic acids is 6. The van der Waals surface area contributed by atoms with Crippen molar-refractivity contribution in [2.24, 2.45) is 29.4 Å². The summed E-state index contributed by atoms with van der Waals surface area (Å²) in [6, 6.07) is 8.97. The van der Waals surface area contributed by atoms with E-state index in [1.54, 1.807) is 0 Å². The van der Waals surface area contributed by atoms with Gasteiger partial charge in [-0.2, -0.15) is 0 Å². The summed E-state index contributed by atoms with van der Waals surface area (Å²) < 4.78 is 0. The Morgan fingerprint density at radius 2 is 1.71 bits per heavy atom. The lowest BCUT2D eigenvalue weighted by Gasteiger charge is -2.52. The summed E-state index contributed by atoms with van der Waals surface area (Å²) >= 11 is 0. The highest BCUT2D eigenvalue weighted by molar-refractivity contribution is 6.32. The van der Waals surface area contributed by atoms with Gasteiger partial charge in [0.15, 0.2) is 34.7 Å². The lowest BCUT2D eigenvalue weighted by atomic mass is 9.52. The van der Waals surface area contributed by atoms with E-state index >= 15 is 0 Å². The van der Waals surface area contributed by atoms with Crippen LogP contribution < -0.4 is 11.1 Å². The molecule has 2 saturated carbocycles. The summed E-state index contributed by atoms with van der Waals surface area (Å²) in [6.45, 7) is 1.93. The number of phenols is 1. The molecule has 41 heavy (non-hydrogen) atoms. The molecule has 5 N–H and O–H groups in total. The molecule has 0 aliphatic heterocycles. The van der Waals surface area contributed by atoms with Gasteiger partial charge >= 0.3 is 0 Å². The van der Waals surface area contributed by atoms with Crippen LogP contribution in [0.4, 0.5) is 5.69 Å². The molecule has 6 atom stereocenters. The van der Waals surface area contributed by atoms with E-state index in [0.717, 1.165) is 11.1 Å². The molecule has 2 aromatic rings. The van der Waals surface area contributed by atoms with Crippen LogP contribution in [0.3, 0.4) is 0 Å². The van der Waals surface area contributed by atoms with E-state index in [4.69, 9.17) is 5.73 Å². The predicted molar refractivity (Wildman–Crippen MR) is 145 cm³/mol. The van der Waals surface area contributed by atoms with Gasteiger partial charge in [-0.25, -0.2) is 0 Å². The van der Waals surface area contributed by atoms with Crippen molar-refractivity contribution >= 4 is 40.6 Å². The van der Waals surface area contributed by atoms with Crippen molar-refractivity contribution in [1.29, 1.82) is 0 Å². The molecule has 214 valence electrons. The minimum absolute atomic E-state index is 0.0559. The molecule has 0 heterocycles. The second-order valence-electron chi connectivity index (χ2n) is 11.5. The number of aryl methyl sites for hydroxylation is 1. The number of carbonyl (C=O) groups is 6. The zero-order chi connectivity index (χ0) is 30.0. The molecule has 3 aliphatic carbocycles. The van der Waals surface area contributed by atoms with E-state index in [1.165, 1.54) is 31.1 Å². The van der Waals surface area contributed by atoms with Crippen molar-refractivity contribution in [2.75, 3.05) is 19.4 Å². The third-order valence-electron chi connectivity index (χ3n) is 8.70. The Labute approximate surface area is 235 Å². The van der Waals surface area contributed by atoms with Crippen LogP contribution in [0.2, 0.25) is 0 Å². The number of rotatable bonds is 5. The molecule has 2 aromatic carbocycles. The van der Waals surface area contributed by atoms with Crippen molar-refractivity contribution < 1.29 is 39.0 Å². The number of nitrogens with two attached hydrogens (primary N) is 1. The van der Waals surface area contributed by atoms with Crippen LogP contribution in [0.5, 0.6) is 5.75 Å². The second-order valence-corrected chi connectivity index (χ2v) is 11.5. The van der Waals surface area contributed by atoms with Crippen LogP contribution in [0.15, 0.2) is 36.4 Å². The maximum atomic E-state index is 13.9. The predicted octanol–water partition coefficient (Wildman–Crippen LogP) is 0.357. The first-order chi connectivity index (χ1) is 19.3. The number of fused-ring (bicyclic) bond motifs is 3. The fourth-order valence-electron chi connectivity index (χ4n) is 6.81. The molecule has 11 nitrogen and oxygen atoms in total. The number of anilines is 1. The van der Waals surface area contributed by atoms with Crippen LogP contribution in [-0.4, -0.2) is 75.8 Å². The van der Waals surface area contributed by atoms with E-state index in [9.17, 15) is 39.0 Å². The number of benzene rings is 2. The smallest absolute Gasteiger partial charge is 0.235 e. The average molecular weight is 562 g/mol. The fraction of sp³-hybridized carbons (Fsp3) is 0.400. The second kappa shape index (κ2) is 10.0. The zero-order valence-corrected chi connectivity index (χ0v) is 22.8. The maximum Gasteiger partial charge on any atom is 0.235 e. The largest absolute Gasteiger partial charge is 0.507 e. The number of hydrogen-bond acceptors (Lipinski definition) is 9. The van der Waals surface area contributed by atoms with Crippen LogP contribution >= 0.6 is 0 Å². The monoisotopic (exact) mass is 561 g/mol. The summed E-state index contributed by atoms with van der Waals surface area (Å²) in [4.78, 5) is 80.6. The summed E-state index contributed by atoms with van der Waals surface area (Å²) in [7, 11) is 3.04. The molecule has 3 aliphatic rings. The van der Waals surface area contributed by atoms with Crippen molar-refractivity contribution in [3.05, 3.63) is 58.7 Å². The SMILES string of the molecule is Cc1ccc(CC(=O)Nc2ccc(O)c3c2C[C@H]2C[C@H]4[C@H](N(C)C)C(=O)C(C(N)=O)C(=O)[C@@]4(O)C(=O)C2C3=O)cc1. The zero-order valence-electron chi connectivity index (χ0n) is 22.8. The van der Waals surface area contributed by atoms with Gasteiger partial charge in [0.05, 0.1) is 23.9 Å². The van der Waals surface area contributed by atoms with Gasteiger partial charge < -0.3 is 21.3 Å². The number of primary amides is 1. The highest BCUT2D eigenvalue weighted by atomic mass is 16.3. The van der Waals surface area contributed by atoms with E-state index < -0.39 is 70.1 Å². The number of aromatic hydroxyl groups is 1. The van der Waals surface area contributed by atoms with E-state index in [2.05, 4.69) is 5.32 Å². The molecular weight excluding hydrogens is 530 g/mol. The van der Waals surface area contributed by atoms with Gasteiger partial charge in [0, 0.05) is 11.6 Å². The highest BCUT2D eigenvalue weighted by Crippen LogP contribution is 2.51. The van der Waals surface area contributed by atoms with Gasteiger partial charge in [-0.05, 0) is 63.0 Å². The Bertz CT molecular complexity index is 1510. The topological polar surface area (TPSA) is 184 Å². The number of amides is 2. The molecule has 0 bridgehead atoms. The third-order valence-corrected chi connectivity index (χ3v) is 8.70. The van der Waals surface area contributed by atoms with Crippen LogP contribution in [0, 0.1) is 30.6 Å². The van der Waals surface area contributed by atoms with Crippen molar-refractivity contribution in [2.45, 2.75) is 37.8 Å². The Hall–Kier alpha value is -4.22. The van der Waals surface area contributed by atoms with Gasteiger partial charge in [0.2, 0.25) is 11.8 Å². The lowest BCUT2D eigenvalue weighted by molar-refractivity contribution is -0.181. The molecule has 5 rings (SSSR count). The standard InChI is InChI=1S/C30H31N3O8/c1-13-4-6-14(7-5-13)10-20(35)32-18-8-9-19(34)22-16(18)11-15-12-17-24(33(2)3)26(37)23(29(31)40)28(39)30(17,41)27(38)21(15)25(22)36/h4-9,15,17,21,23-24,34,41H,10-12H2,1-3H3,(H2,31,40)(H,32,35)/t15-,17-,21?,23?,24-,30-/m0/s1. The summed E-state index contributed by atoms with van der Waals surface area (Å²) in [6.07, 6.45) is 0.0516. The number of aliphatic hydroxyl groups is 1. The van der Waals surface area contributed by atoms with Crippen LogP contribution in [-0.2, 0) is 36.8 Å². The number of nitrogens with zero attached hydrogens (tertiary/aromatic N) is 1. The van der Waals surface area contributed by atoms with E-state index in [0.29, 0.717) is 11.3 Å². The summed E-state index contributed by atoms with van der Waals surface area (Å²) in [5, 5.41) is 25.1. The van der Waals surface area contributed by atoms with E-state index in [-0.39, 0.29) is 30.7 Å². The van der Waals surface area contributed by atoms with Crippen molar-refractivity contribution in [1.82, 2.24) is 4.90 Å². The van der Waals surface area contributed by atoms with Gasteiger partial charge in [-0.15, -0.1) is 0 Å². The van der Waals surface area contributed by atoms with Gasteiger partial charge in [0.1, 0.15) is 5.75 Å². The number of ketones is 4. The number of likely N-dealkylation sites (N-methyl/N-ethyl adjacent to an activating group) is 1. The van der Waals surface area contributed by atoms with Gasteiger partial charge in [-0.1, -0.05) is 29.8 Å². The Balaban J connectivity index is 1.52. The molecule has 0 aromatic heterocycles. The Morgan fingerprint density at radius 1 is 1.05 bits per heavy atom. The maximum absolute atomic E-state index is 13.9. The van der Waals surface area contributed by atoms with Crippen molar-refractivity contribution in [3.8, 4) is 5.75 Å². The number of nitrogens with one attached hydrogen (secondary N) is 1. The first-order valence-electron chi connectivity index (χ1n) is 13.3. The molecular formula is C30H31N3O8. The first kappa shape index (κ1) is 28.3. The fourth-order valence-corrected chi connectivity index (χ4v) is 6.81. The molecule has 2 fully saturated rings. The molecule has 0 radical (unpaired) electrons. The normalized spacial score (nSPS) is 29.0. The Morgan fingerprint density at radius 3 is 2.32 bits per heavy atom. The quantitative estimate of drug-likeness (QED) is 0.296. The first-order valence-corrected chi connectivity index (χ1v) is 13.3. The summed E-state index contributed by atoms with van der Waals surface area (Å²) in [5.41, 5.74) is 4.83. The number of phenolic OH excluding ortho intramolecular Hbond substituents is 1. The number of Topliss-reactive ketones (excluding diaryl/α,β-unsaturated/α-hetero) is 4. The molecule has 0 saturated heterocycles. The minimum atomic E-state index is -2.79. The van der Waals surface area contributed by atoms with Crippen LogP contribution in [0.1, 0.15) is 33.5 Å². The van der Waals surface area contributed by atoms with Crippen molar-refractivity contribution in [3.63, 3.8) is 0 Å². The van der Waals surface area contributed by atoms with Gasteiger partial charge in [-0.3, -0.25) is 33.7 Å². The summed E-state index contributed by atoms with van der Waals surface area (Å²) in [5.74, 6) is -11.6. The van der Waals surface area contributed by atoms with Crippen LogP contribution in [0.25, 0.3) is 0 Å². The molecule has 0 spiro atoms.